The van der Waals surface area contributed by atoms with Crippen LogP contribution in [-0.2, 0) is 4.79 Å². The third kappa shape index (κ3) is 3.07. The standard InChI is InChI=1S/C13H14INO/c14-11-6-8-12(9-7-11)15-13(16)10-4-2-1-3-5-10/h1-2,6-10H,3-5H2,(H,15,16)/t10-/m0/s1. The van der Waals surface area contributed by atoms with Crippen molar-refractivity contribution in [2.45, 2.75) is 19.3 Å². The molecule has 1 aromatic rings. The number of carbonyl (C=O) groups excluding carboxylic acids is 1. The van der Waals surface area contributed by atoms with E-state index in [2.05, 4.69) is 40.1 Å². The van der Waals surface area contributed by atoms with Gasteiger partial charge < -0.3 is 5.32 Å². The molecule has 0 saturated heterocycles. The fourth-order valence-electron chi connectivity index (χ4n) is 1.81. The molecule has 0 aliphatic heterocycles. The summed E-state index contributed by atoms with van der Waals surface area (Å²) in [6, 6.07) is 7.88. The predicted octanol–water partition coefficient (Wildman–Crippen LogP) is 3.59. The van der Waals surface area contributed by atoms with E-state index in [0.29, 0.717) is 0 Å². The van der Waals surface area contributed by atoms with Gasteiger partial charge >= 0.3 is 0 Å². The predicted molar refractivity (Wildman–Crippen MR) is 74.3 cm³/mol. The lowest BCUT2D eigenvalue weighted by Crippen LogP contribution is -2.23. The highest BCUT2D eigenvalue weighted by Crippen LogP contribution is 2.20. The molecular weight excluding hydrogens is 313 g/mol. The van der Waals surface area contributed by atoms with Crippen LogP contribution in [0.4, 0.5) is 5.69 Å². The number of anilines is 1. The van der Waals surface area contributed by atoms with Crippen molar-refractivity contribution >= 4 is 34.2 Å². The molecule has 2 rings (SSSR count). The number of rotatable bonds is 2. The summed E-state index contributed by atoms with van der Waals surface area (Å²) in [5.41, 5.74) is 0.889. The van der Waals surface area contributed by atoms with Crippen LogP contribution in [0.3, 0.4) is 0 Å². The largest absolute Gasteiger partial charge is 0.326 e. The molecule has 0 spiro atoms. The minimum absolute atomic E-state index is 0.143. The zero-order chi connectivity index (χ0) is 11.4. The lowest BCUT2D eigenvalue weighted by Gasteiger charge is -2.17. The number of carbonyl (C=O) groups is 1. The van der Waals surface area contributed by atoms with E-state index in [1.54, 1.807) is 0 Å². The first-order valence-corrected chi connectivity index (χ1v) is 6.55. The molecule has 0 bridgehead atoms. The van der Waals surface area contributed by atoms with Gasteiger partial charge in [-0.05, 0) is 66.1 Å². The van der Waals surface area contributed by atoms with Crippen molar-refractivity contribution in [2.24, 2.45) is 5.92 Å². The molecule has 1 aliphatic carbocycles. The summed E-state index contributed by atoms with van der Waals surface area (Å²) in [4.78, 5) is 11.9. The van der Waals surface area contributed by atoms with E-state index in [-0.39, 0.29) is 11.8 Å². The Morgan fingerprint density at radius 1 is 1.25 bits per heavy atom. The molecule has 1 aromatic carbocycles. The highest BCUT2D eigenvalue weighted by molar-refractivity contribution is 14.1. The minimum Gasteiger partial charge on any atom is -0.326 e. The van der Waals surface area contributed by atoms with Crippen molar-refractivity contribution in [3.05, 3.63) is 40.0 Å². The normalized spacial score (nSPS) is 19.4. The first kappa shape index (κ1) is 11.6. The van der Waals surface area contributed by atoms with Gasteiger partial charge in [-0.2, -0.15) is 0 Å². The smallest absolute Gasteiger partial charge is 0.227 e. The molecule has 0 radical (unpaired) electrons. The van der Waals surface area contributed by atoms with Crippen LogP contribution in [0.1, 0.15) is 19.3 Å². The topological polar surface area (TPSA) is 29.1 Å². The van der Waals surface area contributed by atoms with Crippen molar-refractivity contribution in [3.8, 4) is 0 Å². The van der Waals surface area contributed by atoms with Crippen molar-refractivity contribution in [1.82, 2.24) is 0 Å². The summed E-state index contributed by atoms with van der Waals surface area (Å²) in [5, 5.41) is 2.96. The van der Waals surface area contributed by atoms with Crippen molar-refractivity contribution in [1.29, 1.82) is 0 Å². The molecule has 16 heavy (non-hydrogen) atoms. The van der Waals surface area contributed by atoms with Crippen LogP contribution < -0.4 is 5.32 Å². The molecule has 0 aromatic heterocycles. The van der Waals surface area contributed by atoms with E-state index in [9.17, 15) is 4.79 Å². The molecule has 0 unspecified atom stereocenters. The Kier molecular flexibility index (Phi) is 3.98. The molecule has 1 amide bonds. The number of benzene rings is 1. The Morgan fingerprint density at radius 3 is 2.62 bits per heavy atom. The molecule has 2 nitrogen and oxygen atoms in total. The molecule has 84 valence electrons. The summed E-state index contributed by atoms with van der Waals surface area (Å²) >= 11 is 2.25. The van der Waals surface area contributed by atoms with Gasteiger partial charge in [-0.25, -0.2) is 0 Å². The van der Waals surface area contributed by atoms with Crippen LogP contribution in [0, 0.1) is 9.49 Å². The molecule has 1 N–H and O–H groups in total. The second-order valence-electron chi connectivity index (χ2n) is 3.98. The lowest BCUT2D eigenvalue weighted by molar-refractivity contribution is -0.120. The second-order valence-corrected chi connectivity index (χ2v) is 5.22. The Morgan fingerprint density at radius 2 is 2.00 bits per heavy atom. The number of amides is 1. The van der Waals surface area contributed by atoms with Crippen molar-refractivity contribution in [2.75, 3.05) is 5.32 Å². The lowest BCUT2D eigenvalue weighted by atomic mass is 9.93. The van der Waals surface area contributed by atoms with Gasteiger partial charge in [0.05, 0.1) is 0 Å². The SMILES string of the molecule is O=C(Nc1ccc(I)cc1)[C@H]1CC=CCC1. The van der Waals surface area contributed by atoms with E-state index in [4.69, 9.17) is 0 Å². The fraction of sp³-hybridized carbons (Fsp3) is 0.308. The first-order valence-electron chi connectivity index (χ1n) is 5.47. The highest BCUT2D eigenvalue weighted by atomic mass is 127. The van der Waals surface area contributed by atoms with Crippen LogP contribution >= 0.6 is 22.6 Å². The third-order valence-electron chi connectivity index (χ3n) is 2.75. The van der Waals surface area contributed by atoms with Gasteiger partial charge in [0.2, 0.25) is 5.91 Å². The summed E-state index contributed by atoms with van der Waals surface area (Å²) in [7, 11) is 0. The average Bonchev–Trinajstić information content (AvgIpc) is 2.33. The fourth-order valence-corrected chi connectivity index (χ4v) is 2.17. The molecule has 1 atom stereocenters. The maximum absolute atomic E-state index is 11.9. The number of hydrogen-bond acceptors (Lipinski definition) is 1. The zero-order valence-electron chi connectivity index (χ0n) is 8.95. The maximum atomic E-state index is 11.9. The Balaban J connectivity index is 1.96. The maximum Gasteiger partial charge on any atom is 0.227 e. The number of halogens is 1. The number of allylic oxidation sites excluding steroid dienone is 2. The van der Waals surface area contributed by atoms with Crippen LogP contribution in [0.5, 0.6) is 0 Å². The highest BCUT2D eigenvalue weighted by Gasteiger charge is 2.18. The zero-order valence-corrected chi connectivity index (χ0v) is 11.1. The van der Waals surface area contributed by atoms with E-state index in [0.717, 1.165) is 24.9 Å². The average molecular weight is 327 g/mol. The van der Waals surface area contributed by atoms with E-state index in [1.807, 2.05) is 24.3 Å². The Hall–Kier alpha value is -0.840. The van der Waals surface area contributed by atoms with Gasteiger partial charge in [-0.1, -0.05) is 12.2 Å². The van der Waals surface area contributed by atoms with E-state index >= 15 is 0 Å². The molecule has 1 aliphatic rings. The van der Waals surface area contributed by atoms with Crippen LogP contribution in [0.15, 0.2) is 36.4 Å². The van der Waals surface area contributed by atoms with Gasteiger partial charge in [-0.3, -0.25) is 4.79 Å². The summed E-state index contributed by atoms with van der Waals surface area (Å²) in [6.07, 6.45) is 7.10. The van der Waals surface area contributed by atoms with Crippen LogP contribution in [0.2, 0.25) is 0 Å². The van der Waals surface area contributed by atoms with Crippen LogP contribution in [-0.4, -0.2) is 5.91 Å². The van der Waals surface area contributed by atoms with Gasteiger partial charge in [0.15, 0.2) is 0 Å². The summed E-state index contributed by atoms with van der Waals surface area (Å²) in [5.74, 6) is 0.287. The Bertz CT molecular complexity index is 397. The van der Waals surface area contributed by atoms with E-state index < -0.39 is 0 Å². The third-order valence-corrected chi connectivity index (χ3v) is 3.47. The van der Waals surface area contributed by atoms with Gasteiger partial charge in [0.1, 0.15) is 0 Å². The molecule has 0 saturated carbocycles. The summed E-state index contributed by atoms with van der Waals surface area (Å²) in [6.45, 7) is 0. The van der Waals surface area contributed by atoms with Gasteiger partial charge in [0.25, 0.3) is 0 Å². The van der Waals surface area contributed by atoms with Crippen LogP contribution in [0.25, 0.3) is 0 Å². The molecule has 3 heteroatoms. The van der Waals surface area contributed by atoms with Gasteiger partial charge in [-0.15, -0.1) is 0 Å². The van der Waals surface area contributed by atoms with Crippen molar-refractivity contribution in [3.63, 3.8) is 0 Å². The first-order chi connectivity index (χ1) is 7.75. The molecular formula is C13H14INO. The molecule has 0 fully saturated rings. The minimum atomic E-state index is 0.143. The molecule has 0 heterocycles. The second kappa shape index (κ2) is 5.48. The van der Waals surface area contributed by atoms with E-state index in [1.165, 1.54) is 3.57 Å². The van der Waals surface area contributed by atoms with Crippen molar-refractivity contribution < 1.29 is 4.79 Å². The summed E-state index contributed by atoms with van der Waals surface area (Å²) < 4.78 is 1.18. The number of hydrogen-bond donors (Lipinski definition) is 1. The number of nitrogens with one attached hydrogen (secondary N) is 1. The quantitative estimate of drug-likeness (QED) is 0.653. The monoisotopic (exact) mass is 327 g/mol. The Labute approximate surface area is 109 Å². The van der Waals surface area contributed by atoms with Gasteiger partial charge in [0, 0.05) is 15.2 Å².